The van der Waals surface area contributed by atoms with Crippen LogP contribution in [0.25, 0.3) is 0 Å². The SMILES string of the molecule is O=C(Cn1nc2c(c1NC(=O)C1(c3ccc(Cl)cc3)CCCC1)CSC2)NCC1CCCO1. The average molecular weight is 489 g/mol. The van der Waals surface area contributed by atoms with E-state index in [1.54, 1.807) is 16.4 Å². The topological polar surface area (TPSA) is 85.2 Å². The molecule has 1 saturated carbocycles. The number of carbonyl (C=O) groups excluding carboxylic acids is 2. The zero-order valence-electron chi connectivity index (χ0n) is 18.6. The minimum atomic E-state index is -0.583. The lowest BCUT2D eigenvalue weighted by molar-refractivity contribution is -0.123. The minimum absolute atomic E-state index is 0.0251. The number of aromatic nitrogens is 2. The molecular formula is C24H29ClN4O3S. The Morgan fingerprint density at radius 3 is 2.70 bits per heavy atom. The van der Waals surface area contributed by atoms with Gasteiger partial charge in [0.2, 0.25) is 11.8 Å². The molecule has 2 amide bonds. The number of fused-ring (bicyclic) bond motifs is 1. The number of nitrogens with one attached hydrogen (secondary N) is 2. The summed E-state index contributed by atoms with van der Waals surface area (Å²) in [6.45, 7) is 1.35. The van der Waals surface area contributed by atoms with E-state index in [0.717, 1.165) is 73.5 Å². The maximum absolute atomic E-state index is 13.7. The molecule has 5 rings (SSSR count). The van der Waals surface area contributed by atoms with Crippen LogP contribution in [0.5, 0.6) is 0 Å². The molecule has 176 valence electrons. The van der Waals surface area contributed by atoms with Gasteiger partial charge < -0.3 is 15.4 Å². The maximum Gasteiger partial charge on any atom is 0.241 e. The van der Waals surface area contributed by atoms with E-state index in [1.165, 1.54) is 0 Å². The number of halogens is 1. The van der Waals surface area contributed by atoms with Crippen molar-refractivity contribution in [1.29, 1.82) is 0 Å². The van der Waals surface area contributed by atoms with Crippen LogP contribution in [0.2, 0.25) is 5.02 Å². The summed E-state index contributed by atoms with van der Waals surface area (Å²) in [5.41, 5.74) is 2.40. The number of nitrogens with zero attached hydrogens (tertiary/aromatic N) is 2. The van der Waals surface area contributed by atoms with Gasteiger partial charge in [-0.3, -0.25) is 9.59 Å². The molecule has 0 radical (unpaired) electrons. The van der Waals surface area contributed by atoms with Crippen molar-refractivity contribution in [3.8, 4) is 0 Å². The summed E-state index contributed by atoms with van der Waals surface area (Å²) in [4.78, 5) is 26.4. The number of ether oxygens (including phenoxy) is 1. The zero-order valence-corrected chi connectivity index (χ0v) is 20.1. The normalized spacial score (nSPS) is 21.2. The van der Waals surface area contributed by atoms with Gasteiger partial charge in [0.1, 0.15) is 12.4 Å². The highest BCUT2D eigenvalue weighted by atomic mass is 35.5. The lowest BCUT2D eigenvalue weighted by Gasteiger charge is -2.28. The first-order valence-electron chi connectivity index (χ1n) is 11.7. The minimum Gasteiger partial charge on any atom is -0.376 e. The first-order valence-corrected chi connectivity index (χ1v) is 13.2. The summed E-state index contributed by atoms with van der Waals surface area (Å²) < 4.78 is 7.26. The third-order valence-electron chi connectivity index (χ3n) is 6.98. The quantitative estimate of drug-likeness (QED) is 0.614. The van der Waals surface area contributed by atoms with Crippen molar-refractivity contribution in [2.45, 2.75) is 68.1 Å². The molecule has 1 aromatic carbocycles. The van der Waals surface area contributed by atoms with Crippen LogP contribution in [-0.2, 0) is 37.8 Å². The van der Waals surface area contributed by atoms with Crippen molar-refractivity contribution >= 4 is 41.0 Å². The van der Waals surface area contributed by atoms with Gasteiger partial charge in [0.25, 0.3) is 0 Å². The monoisotopic (exact) mass is 488 g/mol. The van der Waals surface area contributed by atoms with Crippen LogP contribution in [-0.4, -0.2) is 40.9 Å². The first kappa shape index (κ1) is 22.7. The maximum atomic E-state index is 13.7. The Hall–Kier alpha value is -2.03. The number of thioether (sulfide) groups is 1. The number of hydrogen-bond donors (Lipinski definition) is 2. The van der Waals surface area contributed by atoms with Crippen molar-refractivity contribution in [2.75, 3.05) is 18.5 Å². The molecule has 1 atom stereocenters. The van der Waals surface area contributed by atoms with Crippen molar-refractivity contribution in [2.24, 2.45) is 0 Å². The summed E-state index contributed by atoms with van der Waals surface area (Å²) in [6.07, 6.45) is 5.72. The van der Waals surface area contributed by atoms with E-state index in [9.17, 15) is 9.59 Å². The molecule has 9 heteroatoms. The highest BCUT2D eigenvalue weighted by Crippen LogP contribution is 2.43. The number of benzene rings is 1. The van der Waals surface area contributed by atoms with Crippen LogP contribution in [0.1, 0.15) is 55.3 Å². The van der Waals surface area contributed by atoms with Gasteiger partial charge in [-0.15, -0.1) is 0 Å². The van der Waals surface area contributed by atoms with Gasteiger partial charge in [-0.2, -0.15) is 16.9 Å². The largest absolute Gasteiger partial charge is 0.376 e. The third-order valence-corrected chi connectivity index (χ3v) is 8.21. The molecule has 3 aliphatic rings. The Balaban J connectivity index is 1.35. The van der Waals surface area contributed by atoms with Gasteiger partial charge in [-0.1, -0.05) is 36.6 Å². The summed E-state index contributed by atoms with van der Waals surface area (Å²) in [7, 11) is 0. The van der Waals surface area contributed by atoms with Crippen LogP contribution >= 0.6 is 23.4 Å². The Kier molecular flexibility index (Phi) is 6.67. The van der Waals surface area contributed by atoms with E-state index in [0.29, 0.717) is 17.4 Å². The van der Waals surface area contributed by atoms with Crippen LogP contribution in [0.15, 0.2) is 24.3 Å². The Morgan fingerprint density at radius 1 is 1.18 bits per heavy atom. The van der Waals surface area contributed by atoms with Gasteiger partial charge in [0, 0.05) is 35.2 Å². The van der Waals surface area contributed by atoms with Crippen LogP contribution in [0.4, 0.5) is 5.82 Å². The van der Waals surface area contributed by atoms with Crippen molar-refractivity contribution < 1.29 is 14.3 Å². The van der Waals surface area contributed by atoms with Gasteiger partial charge in [0.15, 0.2) is 0 Å². The molecular weight excluding hydrogens is 460 g/mol. The molecule has 0 spiro atoms. The molecule has 3 heterocycles. The van der Waals surface area contributed by atoms with Gasteiger partial charge in [-0.05, 0) is 43.4 Å². The van der Waals surface area contributed by atoms with Crippen molar-refractivity contribution in [1.82, 2.24) is 15.1 Å². The van der Waals surface area contributed by atoms with E-state index in [1.807, 2.05) is 24.3 Å². The fraction of sp³-hybridized carbons (Fsp3) is 0.542. The standard InChI is InChI=1S/C24H29ClN4O3S/c25-17-7-5-16(6-8-17)24(9-1-2-10-24)23(31)27-22-19-14-33-15-20(19)28-29(22)13-21(30)26-12-18-4-3-11-32-18/h5-8,18H,1-4,9-15H2,(H,26,30)(H,27,31). The van der Waals surface area contributed by atoms with E-state index in [4.69, 9.17) is 16.3 Å². The second-order valence-electron chi connectivity index (χ2n) is 9.11. The molecule has 2 N–H and O–H groups in total. The van der Waals surface area contributed by atoms with Gasteiger partial charge >= 0.3 is 0 Å². The third kappa shape index (κ3) is 4.66. The van der Waals surface area contributed by atoms with E-state index >= 15 is 0 Å². The first-order chi connectivity index (χ1) is 16.0. The molecule has 1 aliphatic carbocycles. The molecule has 1 saturated heterocycles. The number of anilines is 1. The number of rotatable bonds is 7. The Labute approximate surface area is 203 Å². The molecule has 2 fully saturated rings. The zero-order chi connectivity index (χ0) is 22.8. The van der Waals surface area contributed by atoms with Crippen LogP contribution in [0.3, 0.4) is 0 Å². The van der Waals surface area contributed by atoms with E-state index < -0.39 is 5.41 Å². The number of amides is 2. The molecule has 2 aromatic rings. The summed E-state index contributed by atoms with van der Waals surface area (Å²) in [5, 5.41) is 11.5. The summed E-state index contributed by atoms with van der Waals surface area (Å²) in [6, 6.07) is 7.62. The number of carbonyl (C=O) groups is 2. The lowest BCUT2D eigenvalue weighted by Crippen LogP contribution is -2.39. The molecule has 0 bridgehead atoms. The van der Waals surface area contributed by atoms with Gasteiger partial charge in [0.05, 0.1) is 17.2 Å². The Morgan fingerprint density at radius 2 is 1.97 bits per heavy atom. The highest BCUT2D eigenvalue weighted by Gasteiger charge is 2.43. The van der Waals surface area contributed by atoms with Crippen molar-refractivity contribution in [3.63, 3.8) is 0 Å². The second kappa shape index (κ2) is 9.68. The predicted octanol–water partition coefficient (Wildman–Crippen LogP) is 4.03. The predicted molar refractivity (Wildman–Crippen MR) is 129 cm³/mol. The summed E-state index contributed by atoms with van der Waals surface area (Å²) >= 11 is 7.87. The second-order valence-corrected chi connectivity index (χ2v) is 10.5. The number of hydrogen-bond acceptors (Lipinski definition) is 5. The molecule has 1 aromatic heterocycles. The average Bonchev–Trinajstić information content (AvgIpc) is 3.60. The fourth-order valence-electron chi connectivity index (χ4n) is 5.17. The van der Waals surface area contributed by atoms with Crippen LogP contribution in [0, 0.1) is 0 Å². The molecule has 1 unspecified atom stereocenters. The lowest BCUT2D eigenvalue weighted by atomic mass is 9.78. The van der Waals surface area contributed by atoms with Gasteiger partial charge in [-0.25, -0.2) is 4.68 Å². The fourth-order valence-corrected chi connectivity index (χ4v) is 6.33. The van der Waals surface area contributed by atoms with E-state index in [2.05, 4.69) is 15.7 Å². The molecule has 2 aliphatic heterocycles. The Bertz CT molecular complexity index is 1030. The molecule has 33 heavy (non-hydrogen) atoms. The summed E-state index contributed by atoms with van der Waals surface area (Å²) in [5.74, 6) is 2.10. The van der Waals surface area contributed by atoms with Crippen molar-refractivity contribution in [3.05, 3.63) is 46.1 Å². The van der Waals surface area contributed by atoms with E-state index in [-0.39, 0.29) is 24.5 Å². The highest BCUT2D eigenvalue weighted by molar-refractivity contribution is 7.98. The smallest absolute Gasteiger partial charge is 0.241 e. The molecule has 7 nitrogen and oxygen atoms in total. The van der Waals surface area contributed by atoms with Crippen LogP contribution < -0.4 is 10.6 Å².